The van der Waals surface area contributed by atoms with Gasteiger partial charge in [-0.1, -0.05) is 18.2 Å². The van der Waals surface area contributed by atoms with Gasteiger partial charge in [-0.15, -0.1) is 0 Å². The molecule has 0 fully saturated rings. The lowest BCUT2D eigenvalue weighted by atomic mass is 10.2. The van der Waals surface area contributed by atoms with E-state index in [-0.39, 0.29) is 10.9 Å². The molecule has 1 heterocycles. The smallest absolute Gasteiger partial charge is 0.305 e. The van der Waals surface area contributed by atoms with Crippen molar-refractivity contribution in [2.45, 2.75) is 0 Å². The molecule has 1 amide bonds. The Morgan fingerprint density at radius 1 is 1.31 bits per heavy atom. The first kappa shape index (κ1) is 10.4. The Morgan fingerprint density at radius 2 is 2.06 bits per heavy atom. The van der Waals surface area contributed by atoms with E-state index in [1.54, 1.807) is 12.1 Å². The van der Waals surface area contributed by atoms with Gasteiger partial charge in [-0.25, -0.2) is 0 Å². The third-order valence-corrected chi connectivity index (χ3v) is 2.05. The van der Waals surface area contributed by atoms with E-state index >= 15 is 0 Å². The van der Waals surface area contributed by atoms with Gasteiger partial charge in [-0.3, -0.25) is 15.6 Å². The van der Waals surface area contributed by atoms with Crippen LogP contribution in [0.3, 0.4) is 0 Å². The molecule has 0 saturated carbocycles. The molecule has 1 aromatic carbocycles. The number of amides is 1. The minimum absolute atomic E-state index is 0.00976. The first-order chi connectivity index (χ1) is 7.66. The molecule has 0 unspecified atom stereocenters. The standard InChI is InChI=1S/C10H9N3O2S/c11-10(16)13-12-9(14)8-5-6-3-1-2-4-7(6)15-8/h1-5H,(H,12,14)(H3,11,13,16). The molecule has 4 N–H and O–H groups in total. The molecule has 0 atom stereocenters. The van der Waals surface area contributed by atoms with Crippen LogP contribution in [0.4, 0.5) is 0 Å². The van der Waals surface area contributed by atoms with Crippen LogP contribution in [0.25, 0.3) is 11.0 Å². The highest BCUT2D eigenvalue weighted by Gasteiger charge is 2.11. The number of carbonyl (C=O) groups excluding carboxylic acids is 1. The van der Waals surface area contributed by atoms with Crippen molar-refractivity contribution in [3.05, 3.63) is 36.1 Å². The molecule has 5 nitrogen and oxygen atoms in total. The van der Waals surface area contributed by atoms with Gasteiger partial charge in [-0.05, 0) is 24.4 Å². The molecule has 1 aromatic heterocycles. The highest BCUT2D eigenvalue weighted by molar-refractivity contribution is 7.80. The summed E-state index contributed by atoms with van der Waals surface area (Å²) in [7, 11) is 0. The summed E-state index contributed by atoms with van der Waals surface area (Å²) in [5.74, 6) is -0.228. The van der Waals surface area contributed by atoms with E-state index in [4.69, 9.17) is 10.2 Å². The molecule has 2 aromatic rings. The van der Waals surface area contributed by atoms with E-state index in [0.29, 0.717) is 5.58 Å². The Balaban J connectivity index is 2.20. The van der Waals surface area contributed by atoms with Crippen molar-refractivity contribution in [3.8, 4) is 0 Å². The quantitative estimate of drug-likeness (QED) is 0.505. The second kappa shape index (κ2) is 4.19. The maximum Gasteiger partial charge on any atom is 0.305 e. The molecule has 0 aliphatic rings. The fraction of sp³-hybridized carbons (Fsp3) is 0. The van der Waals surface area contributed by atoms with Crippen LogP contribution in [0.5, 0.6) is 0 Å². The number of hydrogen-bond acceptors (Lipinski definition) is 3. The molecule has 82 valence electrons. The van der Waals surface area contributed by atoms with Crippen molar-refractivity contribution in [2.24, 2.45) is 5.73 Å². The number of hydrogen-bond donors (Lipinski definition) is 3. The average Bonchev–Trinajstić information content (AvgIpc) is 2.69. The number of carbonyl (C=O) groups is 1. The van der Waals surface area contributed by atoms with Crippen LogP contribution >= 0.6 is 12.2 Å². The van der Waals surface area contributed by atoms with Gasteiger partial charge in [0.2, 0.25) is 0 Å². The second-order valence-corrected chi connectivity index (χ2v) is 3.53. The van der Waals surface area contributed by atoms with Gasteiger partial charge in [0.25, 0.3) is 0 Å². The molecule has 2 rings (SSSR count). The lowest BCUT2D eigenvalue weighted by molar-refractivity contribution is 0.0918. The molecule has 6 heteroatoms. The molecule has 16 heavy (non-hydrogen) atoms. The van der Waals surface area contributed by atoms with Crippen LogP contribution in [0, 0.1) is 0 Å². The number of nitrogens with one attached hydrogen (secondary N) is 2. The number of fused-ring (bicyclic) bond motifs is 1. The molecule has 0 spiro atoms. The molecule has 0 aliphatic heterocycles. The monoisotopic (exact) mass is 235 g/mol. The molecule has 0 radical (unpaired) electrons. The van der Waals surface area contributed by atoms with Crippen LogP contribution in [0.15, 0.2) is 34.7 Å². The van der Waals surface area contributed by atoms with E-state index < -0.39 is 5.91 Å². The summed E-state index contributed by atoms with van der Waals surface area (Å²) in [6.07, 6.45) is 0. The fourth-order valence-corrected chi connectivity index (χ4v) is 1.32. The molecule has 0 saturated heterocycles. The van der Waals surface area contributed by atoms with Gasteiger partial charge in [0.1, 0.15) is 5.58 Å². The number of thiocarbonyl (C=S) groups is 1. The third-order valence-electron chi connectivity index (χ3n) is 1.95. The minimum atomic E-state index is -0.427. The summed E-state index contributed by atoms with van der Waals surface area (Å²) >= 11 is 4.55. The van der Waals surface area contributed by atoms with Gasteiger partial charge in [0, 0.05) is 5.39 Å². The van der Waals surface area contributed by atoms with Gasteiger partial charge in [-0.2, -0.15) is 0 Å². The molecular weight excluding hydrogens is 226 g/mol. The average molecular weight is 235 g/mol. The van der Waals surface area contributed by atoms with E-state index in [0.717, 1.165) is 5.39 Å². The van der Waals surface area contributed by atoms with Gasteiger partial charge in [0.15, 0.2) is 10.9 Å². The molecule has 0 bridgehead atoms. The Kier molecular flexibility index (Phi) is 2.74. The van der Waals surface area contributed by atoms with Gasteiger partial charge < -0.3 is 10.2 Å². The summed E-state index contributed by atoms with van der Waals surface area (Å²) in [5.41, 5.74) is 10.5. The highest BCUT2D eigenvalue weighted by atomic mass is 32.1. The Bertz CT molecular complexity index is 517. The van der Waals surface area contributed by atoms with Gasteiger partial charge in [0.05, 0.1) is 0 Å². The summed E-state index contributed by atoms with van der Waals surface area (Å²) in [4.78, 5) is 11.5. The first-order valence-corrected chi connectivity index (χ1v) is 4.92. The van der Waals surface area contributed by atoms with Gasteiger partial charge >= 0.3 is 5.91 Å². The van der Waals surface area contributed by atoms with Crippen LogP contribution in [-0.4, -0.2) is 11.0 Å². The lowest BCUT2D eigenvalue weighted by Gasteiger charge is -2.02. The predicted octanol–water partition coefficient (Wildman–Crippen LogP) is 0.911. The zero-order valence-electron chi connectivity index (χ0n) is 8.19. The Labute approximate surface area is 96.6 Å². The van der Waals surface area contributed by atoms with E-state index in [1.165, 1.54) is 0 Å². The number of rotatable bonds is 1. The highest BCUT2D eigenvalue weighted by Crippen LogP contribution is 2.18. The van der Waals surface area contributed by atoms with Crippen LogP contribution < -0.4 is 16.6 Å². The largest absolute Gasteiger partial charge is 0.451 e. The molecular formula is C10H9N3O2S. The molecule has 0 aliphatic carbocycles. The number of benzene rings is 1. The lowest BCUT2D eigenvalue weighted by Crippen LogP contribution is -2.44. The van der Waals surface area contributed by atoms with E-state index in [9.17, 15) is 4.79 Å². The van der Waals surface area contributed by atoms with Crippen LogP contribution in [0.1, 0.15) is 10.6 Å². The number of para-hydroxylation sites is 1. The summed E-state index contributed by atoms with van der Waals surface area (Å²) in [6, 6.07) is 8.99. The zero-order valence-corrected chi connectivity index (χ0v) is 9.01. The van der Waals surface area contributed by atoms with E-state index in [1.807, 2.05) is 18.2 Å². The van der Waals surface area contributed by atoms with Crippen molar-refractivity contribution >= 4 is 34.2 Å². The number of nitrogens with two attached hydrogens (primary N) is 1. The number of furan rings is 1. The summed E-state index contributed by atoms with van der Waals surface area (Å²) in [5, 5.41) is 0.854. The topological polar surface area (TPSA) is 80.3 Å². The predicted molar refractivity (Wildman–Crippen MR) is 63.6 cm³/mol. The Hall–Kier alpha value is -2.08. The zero-order chi connectivity index (χ0) is 11.5. The summed E-state index contributed by atoms with van der Waals surface area (Å²) < 4.78 is 5.33. The maximum absolute atomic E-state index is 11.5. The van der Waals surface area contributed by atoms with E-state index in [2.05, 4.69) is 23.1 Å². The number of hydrazine groups is 1. The van der Waals surface area contributed by atoms with Crippen LogP contribution in [0.2, 0.25) is 0 Å². The summed E-state index contributed by atoms with van der Waals surface area (Å²) in [6.45, 7) is 0. The minimum Gasteiger partial charge on any atom is -0.451 e. The van der Waals surface area contributed by atoms with Crippen molar-refractivity contribution in [1.29, 1.82) is 0 Å². The van der Waals surface area contributed by atoms with Crippen molar-refractivity contribution in [1.82, 2.24) is 10.9 Å². The maximum atomic E-state index is 11.5. The van der Waals surface area contributed by atoms with Crippen molar-refractivity contribution < 1.29 is 9.21 Å². The van der Waals surface area contributed by atoms with Crippen molar-refractivity contribution in [3.63, 3.8) is 0 Å². The second-order valence-electron chi connectivity index (χ2n) is 3.09. The third kappa shape index (κ3) is 2.12. The van der Waals surface area contributed by atoms with Crippen molar-refractivity contribution in [2.75, 3.05) is 0 Å². The SMILES string of the molecule is NC(=S)NNC(=O)c1cc2ccccc2o1. The fourth-order valence-electron chi connectivity index (χ4n) is 1.27. The Morgan fingerprint density at radius 3 is 2.75 bits per heavy atom. The first-order valence-electron chi connectivity index (χ1n) is 4.51. The normalized spacial score (nSPS) is 10.0. The van der Waals surface area contributed by atoms with Crippen LogP contribution in [-0.2, 0) is 0 Å².